The van der Waals surface area contributed by atoms with Crippen LogP contribution in [0.5, 0.6) is 23.0 Å². The van der Waals surface area contributed by atoms with Crippen LogP contribution in [0.4, 0.5) is 11.4 Å². The number of methoxy groups -OCH3 is 3. The average molecular weight is 656 g/mol. The number of carbonyl (C=O) groups is 3. The molecule has 0 radical (unpaired) electrons. The number of carbonyl (C=O) groups excluding carboxylic acids is 3. The van der Waals surface area contributed by atoms with Crippen LogP contribution < -0.4 is 34.9 Å². The minimum absolute atomic E-state index is 0.0255. The van der Waals surface area contributed by atoms with Crippen LogP contribution in [-0.4, -0.2) is 50.9 Å². The molecule has 0 saturated heterocycles. The van der Waals surface area contributed by atoms with E-state index >= 15 is 0 Å². The average Bonchev–Trinajstić information content (AvgIpc) is 3.09. The van der Waals surface area contributed by atoms with E-state index in [4.69, 9.17) is 18.9 Å². The fourth-order valence-electron chi connectivity index (χ4n) is 4.38. The van der Waals surface area contributed by atoms with Gasteiger partial charge in [0.05, 0.1) is 33.2 Å². The highest BCUT2D eigenvalue weighted by Crippen LogP contribution is 2.36. The smallest absolute Gasteiger partial charge is 0.272 e. The molecule has 0 heterocycles. The molecule has 244 valence electrons. The van der Waals surface area contributed by atoms with Crippen molar-refractivity contribution < 1.29 is 33.3 Å². The SMILES string of the molecule is CCOc1ccc(NC(=O)C(C)Sc2ccc(NC(=O)/C(=C/c3cc(OC)c(OC)cc3OC)NC(=O)c3ccccc3)cc2)cc1. The van der Waals surface area contributed by atoms with Crippen LogP contribution in [-0.2, 0) is 9.59 Å². The minimum Gasteiger partial charge on any atom is -0.496 e. The first-order chi connectivity index (χ1) is 22.7. The number of nitrogens with one attached hydrogen (secondary N) is 3. The molecule has 4 aromatic rings. The Hall–Kier alpha value is -5.42. The molecule has 0 saturated carbocycles. The highest BCUT2D eigenvalue weighted by atomic mass is 32.2. The number of hydrogen-bond acceptors (Lipinski definition) is 8. The standard InChI is InChI=1S/C36H37N3O7S/c1-6-46-28-16-12-26(13-17-28)37-34(40)23(2)47-29-18-14-27(15-19-29)38-36(42)30(39-35(41)24-10-8-7-9-11-24)20-25-21-32(44-4)33(45-5)22-31(25)43-3/h7-23H,6H2,1-5H3,(H,37,40)(H,38,42)(H,39,41)/b30-20-. The molecule has 1 atom stereocenters. The zero-order valence-electron chi connectivity index (χ0n) is 26.8. The largest absolute Gasteiger partial charge is 0.496 e. The quantitative estimate of drug-likeness (QED) is 0.102. The maximum atomic E-state index is 13.6. The maximum Gasteiger partial charge on any atom is 0.272 e. The molecule has 1 unspecified atom stereocenters. The third-order valence-corrected chi connectivity index (χ3v) is 7.90. The lowest BCUT2D eigenvalue weighted by molar-refractivity contribution is -0.115. The van der Waals surface area contributed by atoms with Crippen molar-refractivity contribution in [3.8, 4) is 23.0 Å². The zero-order valence-corrected chi connectivity index (χ0v) is 27.6. The predicted octanol–water partition coefficient (Wildman–Crippen LogP) is 6.64. The van der Waals surface area contributed by atoms with Crippen molar-refractivity contribution in [3.63, 3.8) is 0 Å². The maximum absolute atomic E-state index is 13.6. The van der Waals surface area contributed by atoms with E-state index in [9.17, 15) is 14.4 Å². The van der Waals surface area contributed by atoms with Gasteiger partial charge in [0.15, 0.2) is 11.5 Å². The summed E-state index contributed by atoms with van der Waals surface area (Å²) in [5.74, 6) is 0.841. The van der Waals surface area contributed by atoms with Crippen molar-refractivity contribution >= 4 is 46.9 Å². The molecule has 0 bridgehead atoms. The first kappa shape index (κ1) is 34.5. The number of benzene rings is 4. The van der Waals surface area contributed by atoms with Crippen LogP contribution in [0.1, 0.15) is 29.8 Å². The van der Waals surface area contributed by atoms with Crippen molar-refractivity contribution in [2.45, 2.75) is 24.0 Å². The van der Waals surface area contributed by atoms with E-state index < -0.39 is 11.8 Å². The van der Waals surface area contributed by atoms with Crippen molar-refractivity contribution in [1.82, 2.24) is 5.32 Å². The number of anilines is 2. The second-order valence-corrected chi connectivity index (χ2v) is 11.4. The van der Waals surface area contributed by atoms with Gasteiger partial charge < -0.3 is 34.9 Å². The first-order valence-electron chi connectivity index (χ1n) is 14.7. The minimum atomic E-state index is -0.561. The van der Waals surface area contributed by atoms with Gasteiger partial charge in [-0.15, -0.1) is 11.8 Å². The Morgan fingerprint density at radius 1 is 0.766 bits per heavy atom. The molecule has 47 heavy (non-hydrogen) atoms. The summed E-state index contributed by atoms with van der Waals surface area (Å²) >= 11 is 1.38. The Morgan fingerprint density at radius 2 is 1.36 bits per heavy atom. The van der Waals surface area contributed by atoms with Crippen LogP contribution in [0.15, 0.2) is 102 Å². The molecular weight excluding hydrogens is 618 g/mol. The fraction of sp³-hybridized carbons (Fsp3) is 0.194. The normalized spacial score (nSPS) is 11.6. The van der Waals surface area contributed by atoms with Crippen LogP contribution in [0.2, 0.25) is 0 Å². The first-order valence-corrected chi connectivity index (χ1v) is 15.6. The van der Waals surface area contributed by atoms with E-state index in [1.54, 1.807) is 66.7 Å². The number of thioether (sulfide) groups is 1. The van der Waals surface area contributed by atoms with Crippen molar-refractivity contribution in [1.29, 1.82) is 0 Å². The molecule has 0 aliphatic heterocycles. The zero-order chi connectivity index (χ0) is 33.8. The molecule has 0 fully saturated rings. The summed E-state index contributed by atoms with van der Waals surface area (Å²) in [5.41, 5.74) is 2.01. The lowest BCUT2D eigenvalue weighted by Crippen LogP contribution is -2.30. The predicted molar refractivity (Wildman–Crippen MR) is 185 cm³/mol. The summed E-state index contributed by atoms with van der Waals surface area (Å²) in [5, 5.41) is 8.09. The monoisotopic (exact) mass is 655 g/mol. The van der Waals surface area contributed by atoms with Gasteiger partial charge in [0.25, 0.3) is 11.8 Å². The third-order valence-electron chi connectivity index (χ3n) is 6.79. The van der Waals surface area contributed by atoms with E-state index in [2.05, 4.69) is 16.0 Å². The van der Waals surface area contributed by atoms with Crippen molar-refractivity contribution in [3.05, 3.63) is 108 Å². The summed E-state index contributed by atoms with van der Waals surface area (Å²) in [7, 11) is 4.50. The lowest BCUT2D eigenvalue weighted by Gasteiger charge is -2.15. The van der Waals surface area contributed by atoms with Crippen LogP contribution in [0.3, 0.4) is 0 Å². The van der Waals surface area contributed by atoms with E-state index in [-0.39, 0.29) is 16.9 Å². The van der Waals surface area contributed by atoms with Gasteiger partial charge >= 0.3 is 0 Å². The van der Waals surface area contributed by atoms with Gasteiger partial charge in [-0.1, -0.05) is 18.2 Å². The topological polar surface area (TPSA) is 124 Å². The molecule has 10 nitrogen and oxygen atoms in total. The Labute approximate surface area is 278 Å². The number of rotatable bonds is 14. The van der Waals surface area contributed by atoms with Gasteiger partial charge in [0.2, 0.25) is 5.91 Å². The Balaban J connectivity index is 1.49. The second-order valence-electron chi connectivity index (χ2n) is 10.0. The molecule has 0 aliphatic rings. The van der Waals surface area contributed by atoms with Gasteiger partial charge in [0, 0.05) is 33.5 Å². The molecule has 11 heteroatoms. The molecule has 3 amide bonds. The lowest BCUT2D eigenvalue weighted by atomic mass is 10.1. The van der Waals surface area contributed by atoms with Gasteiger partial charge in [-0.2, -0.15) is 0 Å². The van der Waals surface area contributed by atoms with Crippen molar-refractivity contribution in [2.24, 2.45) is 0 Å². The Bertz CT molecular complexity index is 1710. The van der Waals surface area contributed by atoms with Crippen LogP contribution >= 0.6 is 11.8 Å². The van der Waals surface area contributed by atoms with Crippen LogP contribution in [0.25, 0.3) is 6.08 Å². The number of ether oxygens (including phenoxy) is 4. The molecule has 4 rings (SSSR count). The Kier molecular flexibility index (Phi) is 12.3. The summed E-state index contributed by atoms with van der Waals surface area (Å²) in [4.78, 5) is 40.3. The number of amides is 3. The molecule has 0 aliphatic carbocycles. The van der Waals surface area contributed by atoms with E-state index in [0.717, 1.165) is 10.6 Å². The molecular formula is C36H37N3O7S. The van der Waals surface area contributed by atoms with E-state index in [0.29, 0.717) is 46.4 Å². The summed E-state index contributed by atoms with van der Waals surface area (Å²) in [6, 6.07) is 26.1. The summed E-state index contributed by atoms with van der Waals surface area (Å²) < 4.78 is 21.8. The molecule has 0 spiro atoms. The summed E-state index contributed by atoms with van der Waals surface area (Å²) in [6.07, 6.45) is 1.51. The van der Waals surface area contributed by atoms with Crippen molar-refractivity contribution in [2.75, 3.05) is 38.6 Å². The van der Waals surface area contributed by atoms with Gasteiger partial charge in [-0.25, -0.2) is 0 Å². The second kappa shape index (κ2) is 16.8. The van der Waals surface area contributed by atoms with Crippen LogP contribution in [0, 0.1) is 0 Å². The molecule has 4 aromatic carbocycles. The molecule has 3 N–H and O–H groups in total. The Morgan fingerprint density at radius 3 is 1.98 bits per heavy atom. The number of hydrogen-bond donors (Lipinski definition) is 3. The highest BCUT2D eigenvalue weighted by Gasteiger charge is 2.19. The fourth-order valence-corrected chi connectivity index (χ4v) is 5.25. The summed E-state index contributed by atoms with van der Waals surface area (Å²) in [6.45, 7) is 4.30. The van der Waals surface area contributed by atoms with E-state index in [1.807, 2.05) is 38.1 Å². The third kappa shape index (κ3) is 9.54. The highest BCUT2D eigenvalue weighted by molar-refractivity contribution is 8.00. The van der Waals surface area contributed by atoms with Gasteiger partial charge in [-0.3, -0.25) is 14.4 Å². The van der Waals surface area contributed by atoms with Gasteiger partial charge in [0.1, 0.15) is 17.2 Å². The van der Waals surface area contributed by atoms with E-state index in [1.165, 1.54) is 39.2 Å². The van der Waals surface area contributed by atoms with Gasteiger partial charge in [-0.05, 0) is 86.7 Å². The molecule has 0 aromatic heterocycles.